The van der Waals surface area contributed by atoms with E-state index in [1.165, 1.54) is 0 Å². The maximum atomic E-state index is 5.65. The van der Waals surface area contributed by atoms with Gasteiger partial charge in [-0.1, -0.05) is 22.9 Å². The van der Waals surface area contributed by atoms with Gasteiger partial charge in [-0.25, -0.2) is 0 Å². The summed E-state index contributed by atoms with van der Waals surface area (Å²) in [6.45, 7) is 2.05. The Labute approximate surface area is 122 Å². The summed E-state index contributed by atoms with van der Waals surface area (Å²) < 4.78 is 11.7. The first kappa shape index (κ1) is 13.5. The molecule has 1 aromatic heterocycles. The average Bonchev–Trinajstić information content (AvgIpc) is 2.88. The first-order valence-electron chi connectivity index (χ1n) is 5.47. The van der Waals surface area contributed by atoms with Crippen molar-refractivity contribution in [3.8, 4) is 17.2 Å². The lowest BCUT2D eigenvalue weighted by Gasteiger charge is -2.03. The number of nitrogens with zero attached hydrogens (tertiary/aromatic N) is 2. The van der Waals surface area contributed by atoms with Crippen LogP contribution in [0.3, 0.4) is 0 Å². The molecule has 1 atom stereocenters. The van der Waals surface area contributed by atoms with Gasteiger partial charge >= 0.3 is 0 Å². The van der Waals surface area contributed by atoms with Gasteiger partial charge in [-0.05, 0) is 40.5 Å². The molecular formula is C12H12Br2N2O2. The maximum Gasteiger partial charge on any atom is 0.249 e. The third-order valence-electron chi connectivity index (χ3n) is 2.47. The Hall–Kier alpha value is -0.880. The zero-order valence-electron chi connectivity index (χ0n) is 9.98. The van der Waals surface area contributed by atoms with Crippen molar-refractivity contribution in [2.75, 3.05) is 7.11 Å². The number of alkyl halides is 1. The SMILES string of the molecule is CCC(Br)c1nnc(-c2cc(OC)ccc2Br)o1. The fourth-order valence-corrected chi connectivity index (χ4v) is 2.04. The quantitative estimate of drug-likeness (QED) is 0.745. The predicted octanol–water partition coefficient (Wildman–Crippen LogP) is 4.35. The molecule has 4 nitrogen and oxygen atoms in total. The van der Waals surface area contributed by atoms with Gasteiger partial charge in [-0.2, -0.15) is 0 Å². The van der Waals surface area contributed by atoms with Crippen molar-refractivity contribution >= 4 is 31.9 Å². The van der Waals surface area contributed by atoms with Gasteiger partial charge in [0, 0.05) is 4.47 Å². The van der Waals surface area contributed by atoms with Crippen molar-refractivity contribution in [2.45, 2.75) is 18.2 Å². The lowest BCUT2D eigenvalue weighted by Crippen LogP contribution is -1.86. The van der Waals surface area contributed by atoms with Crippen LogP contribution in [0.1, 0.15) is 24.1 Å². The van der Waals surface area contributed by atoms with E-state index in [-0.39, 0.29) is 4.83 Å². The fraction of sp³-hybridized carbons (Fsp3) is 0.333. The molecule has 0 aliphatic rings. The van der Waals surface area contributed by atoms with Gasteiger partial charge in [0.05, 0.1) is 17.5 Å². The van der Waals surface area contributed by atoms with Gasteiger partial charge in [0.1, 0.15) is 5.75 Å². The van der Waals surface area contributed by atoms with Crippen molar-refractivity contribution in [3.63, 3.8) is 0 Å². The number of ether oxygens (including phenoxy) is 1. The number of hydrogen-bond donors (Lipinski definition) is 0. The Kier molecular flexibility index (Phi) is 4.40. The van der Waals surface area contributed by atoms with Crippen LogP contribution in [0.25, 0.3) is 11.5 Å². The van der Waals surface area contributed by atoms with Crippen molar-refractivity contribution in [3.05, 3.63) is 28.6 Å². The van der Waals surface area contributed by atoms with E-state index in [0.717, 1.165) is 22.2 Å². The lowest BCUT2D eigenvalue weighted by atomic mass is 10.2. The zero-order chi connectivity index (χ0) is 13.1. The molecule has 1 unspecified atom stereocenters. The Morgan fingerprint density at radius 3 is 2.83 bits per heavy atom. The van der Waals surface area contributed by atoms with Crippen molar-refractivity contribution in [2.24, 2.45) is 0 Å². The molecule has 18 heavy (non-hydrogen) atoms. The molecule has 0 aliphatic heterocycles. The van der Waals surface area contributed by atoms with Gasteiger partial charge in [-0.3, -0.25) is 0 Å². The van der Waals surface area contributed by atoms with Crippen LogP contribution in [0.2, 0.25) is 0 Å². The Bertz CT molecular complexity index is 543. The maximum absolute atomic E-state index is 5.65. The second-order valence-electron chi connectivity index (χ2n) is 3.67. The zero-order valence-corrected chi connectivity index (χ0v) is 13.2. The van der Waals surface area contributed by atoms with E-state index in [0.29, 0.717) is 11.8 Å². The molecule has 0 spiro atoms. The minimum absolute atomic E-state index is 0.0862. The predicted molar refractivity (Wildman–Crippen MR) is 75.9 cm³/mol. The Morgan fingerprint density at radius 2 is 2.17 bits per heavy atom. The van der Waals surface area contributed by atoms with Crippen LogP contribution in [0.4, 0.5) is 0 Å². The minimum atomic E-state index is 0.0862. The minimum Gasteiger partial charge on any atom is -0.497 e. The summed E-state index contributed by atoms with van der Waals surface area (Å²) in [5.41, 5.74) is 0.823. The average molecular weight is 376 g/mol. The van der Waals surface area contributed by atoms with E-state index < -0.39 is 0 Å². The summed E-state index contributed by atoms with van der Waals surface area (Å²) in [6, 6.07) is 5.62. The van der Waals surface area contributed by atoms with Crippen molar-refractivity contribution in [1.82, 2.24) is 10.2 Å². The number of hydrogen-bond acceptors (Lipinski definition) is 4. The molecule has 0 amide bonds. The summed E-state index contributed by atoms with van der Waals surface area (Å²) in [5.74, 6) is 1.81. The number of benzene rings is 1. The highest BCUT2D eigenvalue weighted by Gasteiger charge is 2.16. The van der Waals surface area contributed by atoms with Crippen LogP contribution < -0.4 is 4.74 Å². The van der Waals surface area contributed by atoms with Crippen LogP contribution in [-0.4, -0.2) is 17.3 Å². The second kappa shape index (κ2) is 5.84. The molecular weight excluding hydrogens is 364 g/mol. The fourth-order valence-electron chi connectivity index (χ4n) is 1.44. The van der Waals surface area contributed by atoms with Crippen LogP contribution in [0, 0.1) is 0 Å². The first-order chi connectivity index (χ1) is 8.65. The lowest BCUT2D eigenvalue weighted by molar-refractivity contribution is 0.414. The molecule has 96 valence electrons. The van der Waals surface area contributed by atoms with Gasteiger partial charge < -0.3 is 9.15 Å². The van der Waals surface area contributed by atoms with Crippen LogP contribution in [-0.2, 0) is 0 Å². The molecule has 0 fully saturated rings. The van der Waals surface area contributed by atoms with E-state index in [1.54, 1.807) is 7.11 Å². The molecule has 2 aromatic rings. The van der Waals surface area contributed by atoms with Gasteiger partial charge in [0.15, 0.2) is 0 Å². The standard InChI is InChI=1S/C12H12Br2N2O2/c1-3-9(13)12-16-15-11(18-12)8-6-7(17-2)4-5-10(8)14/h4-6,9H,3H2,1-2H3. The van der Waals surface area contributed by atoms with Crippen LogP contribution >= 0.6 is 31.9 Å². The van der Waals surface area contributed by atoms with E-state index in [4.69, 9.17) is 9.15 Å². The second-order valence-corrected chi connectivity index (χ2v) is 5.63. The number of aromatic nitrogens is 2. The smallest absolute Gasteiger partial charge is 0.249 e. The molecule has 0 aliphatic carbocycles. The monoisotopic (exact) mass is 374 g/mol. The summed E-state index contributed by atoms with van der Waals surface area (Å²) in [6.07, 6.45) is 0.890. The molecule has 0 saturated carbocycles. The summed E-state index contributed by atoms with van der Waals surface area (Å²) in [7, 11) is 1.62. The topological polar surface area (TPSA) is 48.2 Å². The van der Waals surface area contributed by atoms with E-state index in [2.05, 4.69) is 42.1 Å². The molecule has 0 radical (unpaired) electrons. The van der Waals surface area contributed by atoms with Crippen molar-refractivity contribution < 1.29 is 9.15 Å². The molecule has 0 bridgehead atoms. The van der Waals surface area contributed by atoms with E-state index in [9.17, 15) is 0 Å². The highest BCUT2D eigenvalue weighted by Crippen LogP contribution is 2.33. The Balaban J connectivity index is 2.39. The summed E-state index contributed by atoms with van der Waals surface area (Å²) in [4.78, 5) is 0.0862. The van der Waals surface area contributed by atoms with E-state index >= 15 is 0 Å². The molecule has 6 heteroatoms. The molecule has 1 aromatic carbocycles. The largest absolute Gasteiger partial charge is 0.497 e. The normalized spacial score (nSPS) is 12.4. The van der Waals surface area contributed by atoms with E-state index in [1.807, 2.05) is 25.1 Å². The molecule has 0 N–H and O–H groups in total. The van der Waals surface area contributed by atoms with Gasteiger partial charge in [0.25, 0.3) is 0 Å². The highest BCUT2D eigenvalue weighted by atomic mass is 79.9. The first-order valence-corrected chi connectivity index (χ1v) is 7.18. The summed E-state index contributed by atoms with van der Waals surface area (Å²) >= 11 is 6.95. The Morgan fingerprint density at radius 1 is 1.39 bits per heavy atom. The van der Waals surface area contributed by atoms with Crippen LogP contribution in [0.15, 0.2) is 27.1 Å². The summed E-state index contributed by atoms with van der Waals surface area (Å²) in [5, 5.41) is 8.09. The van der Waals surface area contributed by atoms with Gasteiger partial charge in [0.2, 0.25) is 11.8 Å². The molecule has 2 rings (SSSR count). The number of halogens is 2. The van der Waals surface area contributed by atoms with Gasteiger partial charge in [-0.15, -0.1) is 10.2 Å². The van der Waals surface area contributed by atoms with Crippen LogP contribution in [0.5, 0.6) is 5.75 Å². The van der Waals surface area contributed by atoms with Crippen molar-refractivity contribution in [1.29, 1.82) is 0 Å². The highest BCUT2D eigenvalue weighted by molar-refractivity contribution is 9.10. The third-order valence-corrected chi connectivity index (χ3v) is 4.20. The molecule has 1 heterocycles. The number of rotatable bonds is 4. The molecule has 0 saturated heterocycles. The number of methoxy groups -OCH3 is 1. The third kappa shape index (κ3) is 2.75.